The van der Waals surface area contributed by atoms with Gasteiger partial charge in [0.1, 0.15) is 22.3 Å². The molecule has 1 aromatic heterocycles. The number of aromatic nitrogens is 1. The first-order chi connectivity index (χ1) is 10.2. The highest BCUT2D eigenvalue weighted by molar-refractivity contribution is 7.18. The van der Waals surface area contributed by atoms with Crippen molar-refractivity contribution in [2.75, 3.05) is 0 Å². The number of thiazole rings is 1. The number of benzene rings is 2. The number of halogens is 2. The van der Waals surface area contributed by atoms with Crippen LogP contribution in [-0.2, 0) is 0 Å². The first-order valence-corrected chi connectivity index (χ1v) is 6.97. The van der Waals surface area contributed by atoms with Gasteiger partial charge in [0, 0.05) is 5.56 Å². The Kier molecular flexibility index (Phi) is 3.58. The molecule has 0 aliphatic rings. The second kappa shape index (κ2) is 5.54. The van der Waals surface area contributed by atoms with Crippen LogP contribution in [-0.4, -0.2) is 11.3 Å². The molecule has 0 spiro atoms. The van der Waals surface area contributed by atoms with E-state index in [2.05, 4.69) is 4.98 Å². The van der Waals surface area contributed by atoms with E-state index in [9.17, 15) is 13.6 Å². The second-order valence-corrected chi connectivity index (χ2v) is 5.34. The summed E-state index contributed by atoms with van der Waals surface area (Å²) in [5, 5.41) is 0.425. The molecule has 0 aliphatic carbocycles. The highest BCUT2D eigenvalue weighted by Gasteiger charge is 2.15. The van der Waals surface area contributed by atoms with E-state index >= 15 is 0 Å². The first kappa shape index (κ1) is 13.6. The smallest absolute Gasteiger partial charge is 0.169 e. The molecule has 1 heterocycles. The van der Waals surface area contributed by atoms with Crippen LogP contribution in [0.4, 0.5) is 8.78 Å². The molecule has 3 aromatic rings. The minimum absolute atomic E-state index is 0.227. The predicted molar refractivity (Wildman–Crippen MR) is 78.3 cm³/mol. The van der Waals surface area contributed by atoms with Gasteiger partial charge in [0.05, 0.1) is 4.88 Å². The van der Waals surface area contributed by atoms with Crippen LogP contribution >= 0.6 is 11.3 Å². The lowest BCUT2D eigenvalue weighted by Gasteiger charge is -1.98. The van der Waals surface area contributed by atoms with Crippen molar-refractivity contribution in [3.05, 3.63) is 65.9 Å². The van der Waals surface area contributed by atoms with Gasteiger partial charge in [-0.3, -0.25) is 4.79 Å². The van der Waals surface area contributed by atoms with E-state index in [0.29, 0.717) is 27.3 Å². The summed E-state index contributed by atoms with van der Waals surface area (Å²) >= 11 is 1.21. The van der Waals surface area contributed by atoms with Crippen molar-refractivity contribution in [2.45, 2.75) is 0 Å². The number of nitrogens with zero attached hydrogens (tertiary/aromatic N) is 1. The maximum absolute atomic E-state index is 13.8. The van der Waals surface area contributed by atoms with Crippen LogP contribution in [0.3, 0.4) is 0 Å². The molecule has 0 saturated carbocycles. The molecule has 0 radical (unpaired) electrons. The van der Waals surface area contributed by atoms with E-state index in [-0.39, 0.29) is 11.5 Å². The third-order valence-corrected chi connectivity index (χ3v) is 4.13. The molecule has 0 bridgehead atoms. The number of hydrogen-bond acceptors (Lipinski definition) is 3. The van der Waals surface area contributed by atoms with Crippen LogP contribution < -0.4 is 0 Å². The number of carbonyl (C=O) groups is 1. The Morgan fingerprint density at radius 2 is 1.71 bits per heavy atom. The van der Waals surface area contributed by atoms with E-state index < -0.39 is 5.82 Å². The van der Waals surface area contributed by atoms with Crippen LogP contribution in [0.5, 0.6) is 0 Å². The van der Waals surface area contributed by atoms with E-state index in [1.807, 2.05) is 0 Å². The van der Waals surface area contributed by atoms with Gasteiger partial charge in [-0.05, 0) is 29.8 Å². The van der Waals surface area contributed by atoms with E-state index in [4.69, 9.17) is 0 Å². The van der Waals surface area contributed by atoms with Gasteiger partial charge >= 0.3 is 0 Å². The number of aldehydes is 1. The largest absolute Gasteiger partial charge is 0.296 e. The monoisotopic (exact) mass is 301 g/mol. The molecule has 2 nitrogen and oxygen atoms in total. The van der Waals surface area contributed by atoms with Crippen molar-refractivity contribution in [3.8, 4) is 21.0 Å². The molecule has 0 saturated heterocycles. The molecule has 0 unspecified atom stereocenters. The molecule has 2 aromatic carbocycles. The summed E-state index contributed by atoms with van der Waals surface area (Å²) < 4.78 is 26.8. The molecule has 21 heavy (non-hydrogen) atoms. The van der Waals surface area contributed by atoms with Crippen molar-refractivity contribution in [1.82, 2.24) is 4.98 Å². The summed E-state index contributed by atoms with van der Waals surface area (Å²) in [5.74, 6) is -0.750. The first-order valence-electron chi connectivity index (χ1n) is 6.16. The van der Waals surface area contributed by atoms with Gasteiger partial charge in [-0.25, -0.2) is 13.8 Å². The normalized spacial score (nSPS) is 10.6. The average Bonchev–Trinajstić information content (AvgIpc) is 2.92. The van der Waals surface area contributed by atoms with Crippen molar-refractivity contribution in [1.29, 1.82) is 0 Å². The van der Waals surface area contributed by atoms with Crippen LogP contribution in [0.15, 0.2) is 48.5 Å². The summed E-state index contributed by atoms with van der Waals surface area (Å²) in [6.45, 7) is 0. The summed E-state index contributed by atoms with van der Waals surface area (Å²) in [4.78, 5) is 15.9. The Morgan fingerprint density at radius 3 is 2.38 bits per heavy atom. The lowest BCUT2D eigenvalue weighted by Crippen LogP contribution is -1.86. The third kappa shape index (κ3) is 2.60. The van der Waals surface area contributed by atoms with Crippen LogP contribution in [0, 0.1) is 11.6 Å². The van der Waals surface area contributed by atoms with Crippen LogP contribution in [0.25, 0.3) is 21.0 Å². The summed E-state index contributed by atoms with van der Waals surface area (Å²) in [5.41, 5.74) is 1.25. The van der Waals surface area contributed by atoms with Gasteiger partial charge in [-0.2, -0.15) is 0 Å². The van der Waals surface area contributed by atoms with Gasteiger partial charge in [0.25, 0.3) is 0 Å². The Hall–Kier alpha value is -2.40. The molecule has 0 amide bonds. The standard InChI is InChI=1S/C16H9F2NOS/c17-11-7-5-10(6-8-11)15-14(9-20)19-16(21-15)12-3-1-2-4-13(12)18/h1-9H. The minimum Gasteiger partial charge on any atom is -0.296 e. The maximum atomic E-state index is 13.8. The molecule has 3 rings (SSSR count). The Balaban J connectivity index is 2.13. The highest BCUT2D eigenvalue weighted by Crippen LogP contribution is 2.35. The molecule has 104 valence electrons. The summed E-state index contributed by atoms with van der Waals surface area (Å²) in [6.07, 6.45) is 0.625. The number of carbonyl (C=O) groups excluding carboxylic acids is 1. The van der Waals surface area contributed by atoms with Crippen LogP contribution in [0.2, 0.25) is 0 Å². The van der Waals surface area contributed by atoms with Crippen molar-refractivity contribution in [2.24, 2.45) is 0 Å². The lowest BCUT2D eigenvalue weighted by molar-refractivity contribution is 0.112. The second-order valence-electron chi connectivity index (χ2n) is 4.34. The fourth-order valence-electron chi connectivity index (χ4n) is 1.97. The van der Waals surface area contributed by atoms with Gasteiger partial charge in [0.2, 0.25) is 0 Å². The Labute approximate surface area is 123 Å². The Bertz CT molecular complexity index is 796. The molecule has 0 N–H and O–H groups in total. The summed E-state index contributed by atoms with van der Waals surface area (Å²) in [6, 6.07) is 12.0. The topological polar surface area (TPSA) is 30.0 Å². The zero-order valence-electron chi connectivity index (χ0n) is 10.7. The van der Waals surface area contributed by atoms with E-state index in [1.54, 1.807) is 30.3 Å². The fourth-order valence-corrected chi connectivity index (χ4v) is 3.03. The van der Waals surface area contributed by atoms with Gasteiger partial charge < -0.3 is 0 Å². The summed E-state index contributed by atoms with van der Waals surface area (Å²) in [7, 11) is 0. The molecule has 0 fully saturated rings. The average molecular weight is 301 g/mol. The van der Waals surface area contributed by atoms with E-state index in [0.717, 1.165) is 0 Å². The fraction of sp³-hybridized carbons (Fsp3) is 0. The van der Waals surface area contributed by atoms with Crippen molar-refractivity contribution < 1.29 is 13.6 Å². The Morgan fingerprint density at radius 1 is 1.00 bits per heavy atom. The SMILES string of the molecule is O=Cc1nc(-c2ccccc2F)sc1-c1ccc(F)cc1. The zero-order chi connectivity index (χ0) is 14.8. The van der Waals surface area contributed by atoms with Gasteiger partial charge in [-0.1, -0.05) is 24.3 Å². The predicted octanol–water partition coefficient (Wildman–Crippen LogP) is 4.57. The molecule has 0 atom stereocenters. The molecular weight excluding hydrogens is 292 g/mol. The van der Waals surface area contributed by atoms with Crippen LogP contribution in [0.1, 0.15) is 10.5 Å². The zero-order valence-corrected chi connectivity index (χ0v) is 11.5. The third-order valence-electron chi connectivity index (χ3n) is 2.98. The quantitative estimate of drug-likeness (QED) is 0.663. The van der Waals surface area contributed by atoms with Gasteiger partial charge in [0.15, 0.2) is 6.29 Å². The minimum atomic E-state index is -0.394. The van der Waals surface area contributed by atoms with Crippen molar-refractivity contribution >= 4 is 17.6 Å². The molecular formula is C16H9F2NOS. The highest BCUT2D eigenvalue weighted by atomic mass is 32.1. The van der Waals surface area contributed by atoms with Crippen molar-refractivity contribution in [3.63, 3.8) is 0 Å². The van der Waals surface area contributed by atoms with E-state index in [1.165, 1.54) is 29.5 Å². The number of hydrogen-bond donors (Lipinski definition) is 0. The number of rotatable bonds is 3. The molecule has 0 aliphatic heterocycles. The molecule has 5 heteroatoms. The maximum Gasteiger partial charge on any atom is 0.169 e. The lowest BCUT2D eigenvalue weighted by atomic mass is 10.1. The van der Waals surface area contributed by atoms with Gasteiger partial charge in [-0.15, -0.1) is 11.3 Å².